The first-order chi connectivity index (χ1) is 11.3. The van der Waals surface area contributed by atoms with Gasteiger partial charge in [-0.2, -0.15) is 0 Å². The van der Waals surface area contributed by atoms with E-state index in [0.717, 1.165) is 5.69 Å². The van der Waals surface area contributed by atoms with Crippen molar-refractivity contribution in [3.05, 3.63) is 53.0 Å². The molecule has 2 aromatic rings. The Kier molecular flexibility index (Phi) is 3.95. The topological polar surface area (TPSA) is 62.6 Å². The molecule has 0 radical (unpaired) electrons. The molecule has 0 atom stereocenters. The van der Waals surface area contributed by atoms with Crippen LogP contribution in [0.3, 0.4) is 0 Å². The second kappa shape index (κ2) is 5.82. The van der Waals surface area contributed by atoms with Crippen LogP contribution in [0.25, 0.3) is 0 Å². The first kappa shape index (κ1) is 16.3. The number of hydrogen-bond donors (Lipinski definition) is 1. The number of nitrogens with zero attached hydrogens (tertiary/aromatic N) is 1. The Balaban J connectivity index is 1.86. The lowest BCUT2D eigenvalue weighted by Gasteiger charge is -2.27. The number of fused-ring (bicyclic) bond motifs is 1. The zero-order valence-corrected chi connectivity index (χ0v) is 14.5. The second-order valence-electron chi connectivity index (χ2n) is 7.13. The molecule has 0 unspecified atom stereocenters. The smallest absolute Gasteiger partial charge is 0.305 e. The van der Waals surface area contributed by atoms with Gasteiger partial charge in [-0.05, 0) is 24.5 Å². The largest absolute Gasteiger partial charge is 0.455 e. The number of para-hydroxylation sites is 1. The van der Waals surface area contributed by atoms with Gasteiger partial charge in [0.05, 0.1) is 11.3 Å². The number of nitrogens with one attached hydrogen (secondary N) is 1. The summed E-state index contributed by atoms with van der Waals surface area (Å²) >= 11 is 0. The van der Waals surface area contributed by atoms with Crippen LogP contribution in [0.5, 0.6) is 0 Å². The van der Waals surface area contributed by atoms with E-state index in [4.69, 9.17) is 4.42 Å². The average Bonchev–Trinajstić information content (AvgIpc) is 2.83. The molecule has 0 bridgehead atoms. The van der Waals surface area contributed by atoms with E-state index in [1.165, 1.54) is 0 Å². The quantitative estimate of drug-likeness (QED) is 0.877. The van der Waals surface area contributed by atoms with E-state index in [0.29, 0.717) is 29.7 Å². The Morgan fingerprint density at radius 2 is 1.88 bits per heavy atom. The van der Waals surface area contributed by atoms with E-state index < -0.39 is 0 Å². The Labute approximate surface area is 141 Å². The molecule has 126 valence electrons. The maximum Gasteiger partial charge on any atom is 0.305 e. The fraction of sp³-hybridized carbons (Fsp3) is 0.368. The van der Waals surface area contributed by atoms with Crippen LogP contribution in [-0.2, 0) is 6.42 Å². The molecule has 1 aliphatic carbocycles. The molecule has 1 N–H and O–H groups in total. The zero-order chi connectivity index (χ0) is 17.5. The van der Waals surface area contributed by atoms with Gasteiger partial charge in [-0.3, -0.25) is 20.0 Å². The van der Waals surface area contributed by atoms with Gasteiger partial charge in [0.25, 0.3) is 0 Å². The number of carbonyl (C=O) groups excluding carboxylic acids is 2. The third-order valence-electron chi connectivity index (χ3n) is 4.40. The minimum Gasteiger partial charge on any atom is -0.455 e. The van der Waals surface area contributed by atoms with Crippen molar-refractivity contribution in [1.29, 1.82) is 0 Å². The van der Waals surface area contributed by atoms with Crippen LogP contribution in [-0.4, -0.2) is 18.7 Å². The lowest BCUT2D eigenvalue weighted by Crippen LogP contribution is -2.39. The summed E-state index contributed by atoms with van der Waals surface area (Å²) in [7, 11) is 1.76. The summed E-state index contributed by atoms with van der Waals surface area (Å²) in [5, 5.41) is 1.63. The molecule has 0 saturated carbocycles. The van der Waals surface area contributed by atoms with Crippen molar-refractivity contribution < 1.29 is 14.0 Å². The number of anilines is 1. The number of carbonyl (C=O) groups is 2. The van der Waals surface area contributed by atoms with Gasteiger partial charge in [-0.15, -0.1) is 0 Å². The summed E-state index contributed by atoms with van der Waals surface area (Å²) in [6.07, 6.45) is 1.14. The van der Waals surface area contributed by atoms with Crippen LogP contribution in [0.4, 0.5) is 5.69 Å². The van der Waals surface area contributed by atoms with Crippen molar-refractivity contribution in [2.75, 3.05) is 12.1 Å². The number of benzene rings is 1. The minimum atomic E-state index is -0.348. The summed E-state index contributed by atoms with van der Waals surface area (Å²) in [5.74, 6) is 0.548. The average molecular weight is 326 g/mol. The van der Waals surface area contributed by atoms with Crippen LogP contribution in [0.15, 0.2) is 34.7 Å². The monoisotopic (exact) mass is 326 g/mol. The molecule has 0 fully saturated rings. The first-order valence-electron chi connectivity index (χ1n) is 8.04. The third kappa shape index (κ3) is 2.94. The van der Waals surface area contributed by atoms with Gasteiger partial charge in [-0.1, -0.05) is 32.0 Å². The van der Waals surface area contributed by atoms with E-state index in [-0.39, 0.29) is 22.9 Å². The van der Waals surface area contributed by atoms with Crippen LogP contribution >= 0.6 is 0 Å². The maximum absolute atomic E-state index is 12.6. The van der Waals surface area contributed by atoms with Crippen molar-refractivity contribution in [3.8, 4) is 0 Å². The maximum atomic E-state index is 12.6. The van der Waals surface area contributed by atoms with Crippen LogP contribution in [0.2, 0.25) is 0 Å². The standard InChI is InChI=1S/C19H22N2O3/c1-12-16-14(22)10-19(2,3)11-15(16)24-17(12)18(23)20-21(4)13-8-6-5-7-9-13/h5-9H,10-11H2,1-4H3,(H,20,23). The molecule has 1 aromatic heterocycles. The molecule has 1 heterocycles. The van der Waals surface area contributed by atoms with Crippen molar-refractivity contribution >= 4 is 17.4 Å². The highest BCUT2D eigenvalue weighted by Gasteiger charge is 2.37. The molecule has 0 saturated heterocycles. The highest BCUT2D eigenvalue weighted by atomic mass is 16.4. The van der Waals surface area contributed by atoms with E-state index in [2.05, 4.69) is 5.43 Å². The Morgan fingerprint density at radius 3 is 2.54 bits per heavy atom. The van der Waals surface area contributed by atoms with Gasteiger partial charge in [-0.25, -0.2) is 0 Å². The van der Waals surface area contributed by atoms with Crippen molar-refractivity contribution in [2.24, 2.45) is 5.41 Å². The first-order valence-corrected chi connectivity index (χ1v) is 8.04. The molecule has 0 spiro atoms. The van der Waals surface area contributed by atoms with Gasteiger partial charge in [0.2, 0.25) is 0 Å². The summed E-state index contributed by atoms with van der Waals surface area (Å²) < 4.78 is 5.78. The van der Waals surface area contributed by atoms with E-state index >= 15 is 0 Å². The Bertz CT molecular complexity index is 790. The molecule has 5 heteroatoms. The third-order valence-corrected chi connectivity index (χ3v) is 4.40. The molecule has 0 aliphatic heterocycles. The Hall–Kier alpha value is -2.56. The fourth-order valence-electron chi connectivity index (χ4n) is 3.22. The van der Waals surface area contributed by atoms with Gasteiger partial charge in [0, 0.05) is 25.5 Å². The minimum absolute atomic E-state index is 0.0537. The summed E-state index contributed by atoms with van der Waals surface area (Å²) in [6, 6.07) is 9.50. The Morgan fingerprint density at radius 1 is 1.21 bits per heavy atom. The number of amides is 1. The number of rotatable bonds is 3. The molecular weight excluding hydrogens is 304 g/mol. The van der Waals surface area contributed by atoms with Gasteiger partial charge >= 0.3 is 5.91 Å². The molecule has 1 aliphatic rings. The highest BCUT2D eigenvalue weighted by Crippen LogP contribution is 2.38. The lowest BCUT2D eigenvalue weighted by atomic mass is 9.76. The summed E-state index contributed by atoms with van der Waals surface area (Å²) in [6.45, 7) is 5.85. The van der Waals surface area contributed by atoms with Crippen LogP contribution < -0.4 is 10.4 Å². The lowest BCUT2D eigenvalue weighted by molar-refractivity contribution is 0.0888. The second-order valence-corrected chi connectivity index (χ2v) is 7.13. The van der Waals surface area contributed by atoms with Crippen molar-refractivity contribution in [3.63, 3.8) is 0 Å². The van der Waals surface area contributed by atoms with Crippen molar-refractivity contribution in [2.45, 2.75) is 33.6 Å². The van der Waals surface area contributed by atoms with Gasteiger partial charge in [0.15, 0.2) is 11.5 Å². The summed E-state index contributed by atoms with van der Waals surface area (Å²) in [5.41, 5.74) is 4.72. The fourth-order valence-corrected chi connectivity index (χ4v) is 3.22. The molecule has 1 amide bonds. The SMILES string of the molecule is Cc1c(C(=O)NN(C)c2ccccc2)oc2c1C(=O)CC(C)(C)C2. The number of hydrogen-bond acceptors (Lipinski definition) is 4. The zero-order valence-electron chi connectivity index (χ0n) is 14.5. The van der Waals surface area contributed by atoms with E-state index in [1.54, 1.807) is 19.0 Å². The normalized spacial score (nSPS) is 15.8. The number of Topliss-reactive ketones (excluding diaryl/α,β-unsaturated/α-hetero) is 1. The number of furan rings is 1. The van der Waals surface area contributed by atoms with Crippen LogP contribution in [0, 0.1) is 12.3 Å². The molecule has 5 nitrogen and oxygen atoms in total. The number of hydrazine groups is 1. The summed E-state index contributed by atoms with van der Waals surface area (Å²) in [4.78, 5) is 25.0. The predicted octanol–water partition coefficient (Wildman–Crippen LogP) is 3.52. The van der Waals surface area contributed by atoms with Gasteiger partial charge in [0.1, 0.15) is 5.76 Å². The van der Waals surface area contributed by atoms with Gasteiger partial charge < -0.3 is 4.42 Å². The van der Waals surface area contributed by atoms with E-state index in [1.807, 2.05) is 44.2 Å². The highest BCUT2D eigenvalue weighted by molar-refractivity contribution is 6.04. The molecule has 3 rings (SSSR count). The van der Waals surface area contributed by atoms with E-state index in [9.17, 15) is 9.59 Å². The number of ketones is 1. The molecular formula is C19H22N2O3. The molecule has 24 heavy (non-hydrogen) atoms. The predicted molar refractivity (Wildman–Crippen MR) is 92.2 cm³/mol. The molecule has 1 aromatic carbocycles. The van der Waals surface area contributed by atoms with Crippen molar-refractivity contribution in [1.82, 2.24) is 5.43 Å². The van der Waals surface area contributed by atoms with Crippen LogP contribution in [0.1, 0.15) is 52.5 Å².